The maximum absolute atomic E-state index is 12.4. The average molecular weight is 359 g/mol. The fourth-order valence-corrected chi connectivity index (χ4v) is 3.29. The molecule has 1 N–H and O–H groups in total. The van der Waals surface area contributed by atoms with Crippen LogP contribution in [0.3, 0.4) is 0 Å². The molecule has 0 aromatic heterocycles. The highest BCUT2D eigenvalue weighted by atomic mass is 32.2. The number of benzene rings is 2. The highest BCUT2D eigenvalue weighted by Gasteiger charge is 2.17. The summed E-state index contributed by atoms with van der Waals surface area (Å²) in [6.07, 6.45) is 0.873. The van der Waals surface area contributed by atoms with E-state index in [1.807, 2.05) is 49.4 Å². The number of thioether (sulfide) groups is 1. The molecule has 1 atom stereocenters. The number of carbonyl (C=O) groups excluding carboxylic acids is 1. The summed E-state index contributed by atoms with van der Waals surface area (Å²) in [7, 11) is 1.61. The summed E-state index contributed by atoms with van der Waals surface area (Å²) in [6.45, 7) is 3.20. The molecule has 0 spiro atoms. The van der Waals surface area contributed by atoms with Crippen molar-refractivity contribution < 1.29 is 19.0 Å². The average Bonchev–Trinajstić information content (AvgIpc) is 2.87. The molecule has 5 nitrogen and oxygen atoms in total. The SMILES string of the molecule is COc1ccc(NC(=O)[C@H](C)Sc2ccc3c(c2)OCCCO3)cc1. The molecule has 132 valence electrons. The summed E-state index contributed by atoms with van der Waals surface area (Å²) in [4.78, 5) is 13.4. The molecular formula is C19H21NO4S. The molecule has 1 amide bonds. The van der Waals surface area contributed by atoms with E-state index in [0.717, 1.165) is 34.3 Å². The smallest absolute Gasteiger partial charge is 0.237 e. The maximum Gasteiger partial charge on any atom is 0.237 e. The lowest BCUT2D eigenvalue weighted by atomic mass is 10.3. The van der Waals surface area contributed by atoms with Crippen molar-refractivity contribution in [3.05, 3.63) is 42.5 Å². The number of rotatable bonds is 5. The van der Waals surface area contributed by atoms with Crippen molar-refractivity contribution in [1.29, 1.82) is 0 Å². The van der Waals surface area contributed by atoms with Gasteiger partial charge in [-0.25, -0.2) is 0 Å². The second-order valence-electron chi connectivity index (χ2n) is 5.64. The Bertz CT molecular complexity index is 733. The molecule has 1 heterocycles. The van der Waals surface area contributed by atoms with Gasteiger partial charge in [0.05, 0.1) is 25.6 Å². The molecule has 2 aromatic rings. The van der Waals surface area contributed by atoms with Crippen LogP contribution in [0.2, 0.25) is 0 Å². The minimum absolute atomic E-state index is 0.0534. The van der Waals surface area contributed by atoms with Gasteiger partial charge in [-0.05, 0) is 49.4 Å². The van der Waals surface area contributed by atoms with Gasteiger partial charge in [-0.1, -0.05) is 0 Å². The lowest BCUT2D eigenvalue weighted by Crippen LogP contribution is -2.22. The standard InChI is InChI=1S/C19H21NO4S/c1-13(19(21)20-14-4-6-15(22-2)7-5-14)25-16-8-9-17-18(12-16)24-11-3-10-23-17/h4-9,12-13H,3,10-11H2,1-2H3,(H,20,21)/t13-/m0/s1. The first-order chi connectivity index (χ1) is 12.2. The van der Waals surface area contributed by atoms with Crippen molar-refractivity contribution in [2.45, 2.75) is 23.5 Å². The van der Waals surface area contributed by atoms with E-state index in [4.69, 9.17) is 14.2 Å². The van der Waals surface area contributed by atoms with E-state index in [1.165, 1.54) is 11.8 Å². The van der Waals surface area contributed by atoms with Crippen molar-refractivity contribution in [2.75, 3.05) is 25.6 Å². The van der Waals surface area contributed by atoms with Crippen LogP contribution < -0.4 is 19.5 Å². The van der Waals surface area contributed by atoms with Gasteiger partial charge in [0.15, 0.2) is 11.5 Å². The third-order valence-corrected chi connectivity index (χ3v) is 4.85. The van der Waals surface area contributed by atoms with Gasteiger partial charge in [-0.2, -0.15) is 0 Å². The van der Waals surface area contributed by atoms with Crippen LogP contribution in [-0.4, -0.2) is 31.5 Å². The molecule has 0 saturated carbocycles. The molecule has 25 heavy (non-hydrogen) atoms. The van der Waals surface area contributed by atoms with Crippen molar-refractivity contribution >= 4 is 23.4 Å². The first kappa shape index (κ1) is 17.5. The van der Waals surface area contributed by atoms with E-state index < -0.39 is 0 Å². The fourth-order valence-electron chi connectivity index (χ4n) is 2.39. The molecule has 0 radical (unpaired) electrons. The number of carbonyl (C=O) groups is 1. The normalized spacial score (nSPS) is 14.3. The van der Waals surface area contributed by atoms with Crippen LogP contribution >= 0.6 is 11.8 Å². The van der Waals surface area contributed by atoms with Gasteiger partial charge in [0, 0.05) is 17.0 Å². The molecule has 0 saturated heterocycles. The Labute approximate surface area is 151 Å². The van der Waals surface area contributed by atoms with Crippen LogP contribution in [0, 0.1) is 0 Å². The quantitative estimate of drug-likeness (QED) is 0.819. The largest absolute Gasteiger partial charge is 0.497 e. The van der Waals surface area contributed by atoms with Crippen LogP contribution in [0.25, 0.3) is 0 Å². The Morgan fingerprint density at radius 1 is 1.12 bits per heavy atom. The molecular weight excluding hydrogens is 338 g/mol. The van der Waals surface area contributed by atoms with Gasteiger partial charge < -0.3 is 19.5 Å². The van der Waals surface area contributed by atoms with Crippen LogP contribution in [0.4, 0.5) is 5.69 Å². The molecule has 0 bridgehead atoms. The summed E-state index contributed by atoms with van der Waals surface area (Å²) in [6, 6.07) is 13.1. The molecule has 1 aliphatic heterocycles. The highest BCUT2D eigenvalue weighted by Crippen LogP contribution is 2.35. The summed E-state index contributed by atoms with van der Waals surface area (Å²) >= 11 is 1.49. The summed E-state index contributed by atoms with van der Waals surface area (Å²) < 4.78 is 16.4. The fraction of sp³-hybridized carbons (Fsp3) is 0.316. The number of amides is 1. The molecule has 0 unspecified atom stereocenters. The van der Waals surface area contributed by atoms with Crippen LogP contribution in [0.15, 0.2) is 47.4 Å². The van der Waals surface area contributed by atoms with E-state index in [2.05, 4.69) is 5.32 Å². The lowest BCUT2D eigenvalue weighted by Gasteiger charge is -2.14. The Morgan fingerprint density at radius 2 is 1.84 bits per heavy atom. The van der Waals surface area contributed by atoms with E-state index in [1.54, 1.807) is 7.11 Å². The number of fused-ring (bicyclic) bond motifs is 1. The van der Waals surface area contributed by atoms with Crippen molar-refractivity contribution in [1.82, 2.24) is 0 Å². The number of ether oxygens (including phenoxy) is 3. The third-order valence-electron chi connectivity index (χ3n) is 3.76. The van der Waals surface area contributed by atoms with Crippen LogP contribution in [0.1, 0.15) is 13.3 Å². The maximum atomic E-state index is 12.4. The monoisotopic (exact) mass is 359 g/mol. The van der Waals surface area contributed by atoms with E-state index in [9.17, 15) is 4.79 Å². The summed E-state index contributed by atoms with van der Waals surface area (Å²) in [5, 5.41) is 2.67. The molecule has 3 rings (SSSR count). The molecule has 0 aliphatic carbocycles. The number of methoxy groups -OCH3 is 1. The second kappa shape index (κ2) is 8.16. The third kappa shape index (κ3) is 4.60. The lowest BCUT2D eigenvalue weighted by molar-refractivity contribution is -0.115. The predicted octanol–water partition coefficient (Wildman–Crippen LogP) is 3.98. The molecule has 1 aliphatic rings. The van der Waals surface area contributed by atoms with Gasteiger partial charge in [0.1, 0.15) is 5.75 Å². The van der Waals surface area contributed by atoms with Crippen LogP contribution in [0.5, 0.6) is 17.2 Å². The molecule has 2 aromatic carbocycles. The van der Waals surface area contributed by atoms with Gasteiger partial charge in [0.2, 0.25) is 5.91 Å². The zero-order valence-corrected chi connectivity index (χ0v) is 15.1. The van der Waals surface area contributed by atoms with Gasteiger partial charge in [-0.3, -0.25) is 4.79 Å². The van der Waals surface area contributed by atoms with Crippen LogP contribution in [-0.2, 0) is 4.79 Å². The Kier molecular flexibility index (Phi) is 5.71. The Hall–Kier alpha value is -2.34. The van der Waals surface area contributed by atoms with Gasteiger partial charge >= 0.3 is 0 Å². The first-order valence-electron chi connectivity index (χ1n) is 8.17. The van der Waals surface area contributed by atoms with Crippen molar-refractivity contribution in [3.63, 3.8) is 0 Å². The zero-order chi connectivity index (χ0) is 17.6. The highest BCUT2D eigenvalue weighted by molar-refractivity contribution is 8.00. The first-order valence-corrected chi connectivity index (χ1v) is 9.05. The summed E-state index contributed by atoms with van der Waals surface area (Å²) in [5.74, 6) is 2.21. The molecule has 6 heteroatoms. The van der Waals surface area contributed by atoms with Gasteiger partial charge in [0.25, 0.3) is 0 Å². The van der Waals surface area contributed by atoms with E-state index in [-0.39, 0.29) is 11.2 Å². The van der Waals surface area contributed by atoms with E-state index >= 15 is 0 Å². The number of hydrogen-bond acceptors (Lipinski definition) is 5. The Morgan fingerprint density at radius 3 is 2.56 bits per heavy atom. The van der Waals surface area contributed by atoms with Crippen molar-refractivity contribution in [2.24, 2.45) is 0 Å². The second-order valence-corrected chi connectivity index (χ2v) is 7.05. The zero-order valence-electron chi connectivity index (χ0n) is 14.3. The van der Waals surface area contributed by atoms with Gasteiger partial charge in [-0.15, -0.1) is 11.8 Å². The minimum Gasteiger partial charge on any atom is -0.497 e. The topological polar surface area (TPSA) is 56.8 Å². The predicted molar refractivity (Wildman–Crippen MR) is 99.0 cm³/mol. The number of hydrogen-bond donors (Lipinski definition) is 1. The summed E-state index contributed by atoms with van der Waals surface area (Å²) in [5.41, 5.74) is 0.747. The number of anilines is 1. The van der Waals surface area contributed by atoms with E-state index in [0.29, 0.717) is 13.2 Å². The molecule has 0 fully saturated rings. The Balaban J connectivity index is 1.61. The van der Waals surface area contributed by atoms with Crippen molar-refractivity contribution in [3.8, 4) is 17.2 Å². The number of nitrogens with one attached hydrogen (secondary N) is 1. The minimum atomic E-state index is -0.244.